The van der Waals surface area contributed by atoms with Crippen LogP contribution in [0.2, 0.25) is 0 Å². The molecule has 0 N–H and O–H groups in total. The van der Waals surface area contributed by atoms with E-state index in [1.807, 2.05) is 55.1 Å². The van der Waals surface area contributed by atoms with E-state index in [9.17, 15) is 9.59 Å². The van der Waals surface area contributed by atoms with Crippen LogP contribution in [-0.2, 0) is 17.8 Å². The molecule has 0 aromatic heterocycles. The first-order valence-corrected chi connectivity index (χ1v) is 12.0. The van der Waals surface area contributed by atoms with Crippen molar-refractivity contribution in [3.05, 3.63) is 88.5 Å². The van der Waals surface area contributed by atoms with E-state index in [1.165, 1.54) is 16.7 Å². The van der Waals surface area contributed by atoms with Crippen molar-refractivity contribution in [3.63, 3.8) is 0 Å². The van der Waals surface area contributed by atoms with Crippen molar-refractivity contribution >= 4 is 11.9 Å². The molecule has 0 radical (unpaired) electrons. The number of methoxy groups -OCH3 is 1. The summed E-state index contributed by atoms with van der Waals surface area (Å²) in [5.41, 5.74) is 5.47. The molecule has 3 aromatic rings. The van der Waals surface area contributed by atoms with E-state index in [0.717, 1.165) is 23.5 Å². The average molecular weight is 472 g/mol. The molecule has 1 atom stereocenters. The second-order valence-corrected chi connectivity index (χ2v) is 9.33. The van der Waals surface area contributed by atoms with Crippen molar-refractivity contribution in [3.8, 4) is 17.2 Å². The molecular formula is C29H29NO5. The SMILES string of the molecule is COc1ccc(C(=O)N2CCc3c(cccc3C3COc4cc(OC(=O)C(C)C)ccc43)C2)cc1. The Balaban J connectivity index is 1.35. The van der Waals surface area contributed by atoms with Crippen LogP contribution >= 0.6 is 0 Å². The lowest BCUT2D eigenvalue weighted by Crippen LogP contribution is -2.36. The van der Waals surface area contributed by atoms with E-state index in [1.54, 1.807) is 13.2 Å². The van der Waals surface area contributed by atoms with Gasteiger partial charge in [0.1, 0.15) is 17.2 Å². The van der Waals surface area contributed by atoms with Crippen LogP contribution in [0.25, 0.3) is 0 Å². The first-order chi connectivity index (χ1) is 16.9. The van der Waals surface area contributed by atoms with Crippen LogP contribution < -0.4 is 14.2 Å². The standard InChI is InChI=1S/C29H29NO5/c1-18(2)29(32)35-22-11-12-25-26(17-34-27(25)15-22)24-6-4-5-20-16-30(14-13-23(20)24)28(31)19-7-9-21(33-3)10-8-19/h4-12,15,18,26H,13-14,16-17H2,1-3H3. The molecule has 2 aliphatic rings. The van der Waals surface area contributed by atoms with E-state index in [4.69, 9.17) is 14.2 Å². The van der Waals surface area contributed by atoms with Crippen LogP contribution in [0.15, 0.2) is 60.7 Å². The van der Waals surface area contributed by atoms with E-state index >= 15 is 0 Å². The number of nitrogens with zero attached hydrogens (tertiary/aromatic N) is 1. The van der Waals surface area contributed by atoms with Crippen molar-refractivity contribution < 1.29 is 23.8 Å². The summed E-state index contributed by atoms with van der Waals surface area (Å²) in [6.07, 6.45) is 0.795. The number of hydrogen-bond acceptors (Lipinski definition) is 5. The quantitative estimate of drug-likeness (QED) is 0.388. The molecule has 0 saturated carbocycles. The van der Waals surface area contributed by atoms with Crippen molar-refractivity contribution in [2.24, 2.45) is 5.92 Å². The van der Waals surface area contributed by atoms with Gasteiger partial charge in [-0.2, -0.15) is 0 Å². The third-order valence-corrected chi connectivity index (χ3v) is 6.76. The molecule has 1 unspecified atom stereocenters. The number of hydrogen-bond donors (Lipinski definition) is 0. The second-order valence-electron chi connectivity index (χ2n) is 9.33. The summed E-state index contributed by atoms with van der Waals surface area (Å²) in [4.78, 5) is 27.0. The first-order valence-electron chi connectivity index (χ1n) is 12.0. The van der Waals surface area contributed by atoms with Crippen molar-refractivity contribution in [2.45, 2.75) is 32.7 Å². The van der Waals surface area contributed by atoms with Crippen LogP contribution in [0.5, 0.6) is 17.2 Å². The smallest absolute Gasteiger partial charge is 0.313 e. The Hall–Kier alpha value is -3.80. The highest BCUT2D eigenvalue weighted by Crippen LogP contribution is 2.42. The fourth-order valence-electron chi connectivity index (χ4n) is 4.80. The number of amides is 1. The molecule has 0 bridgehead atoms. The highest BCUT2D eigenvalue weighted by molar-refractivity contribution is 5.94. The van der Waals surface area contributed by atoms with Crippen molar-refractivity contribution in [1.82, 2.24) is 4.90 Å². The van der Waals surface area contributed by atoms with Gasteiger partial charge >= 0.3 is 5.97 Å². The lowest BCUT2D eigenvalue weighted by Gasteiger charge is -2.31. The van der Waals surface area contributed by atoms with Gasteiger partial charge < -0.3 is 19.1 Å². The molecule has 2 heterocycles. The average Bonchev–Trinajstić information content (AvgIpc) is 3.30. The molecule has 1 amide bonds. The highest BCUT2D eigenvalue weighted by atomic mass is 16.5. The van der Waals surface area contributed by atoms with E-state index in [2.05, 4.69) is 18.2 Å². The number of carbonyl (C=O) groups is 2. The van der Waals surface area contributed by atoms with E-state index in [0.29, 0.717) is 31.0 Å². The minimum Gasteiger partial charge on any atom is -0.497 e. The minimum atomic E-state index is -0.259. The molecule has 2 aliphatic heterocycles. The van der Waals surface area contributed by atoms with Crippen LogP contribution in [-0.4, -0.2) is 37.0 Å². The summed E-state index contributed by atoms with van der Waals surface area (Å²) in [6, 6.07) is 19.2. The largest absolute Gasteiger partial charge is 0.497 e. The molecule has 180 valence electrons. The molecule has 0 spiro atoms. The first kappa shape index (κ1) is 23.0. The van der Waals surface area contributed by atoms with Gasteiger partial charge in [0.15, 0.2) is 0 Å². The van der Waals surface area contributed by atoms with E-state index < -0.39 is 0 Å². The van der Waals surface area contributed by atoms with Gasteiger partial charge in [-0.25, -0.2) is 0 Å². The molecule has 0 saturated heterocycles. The topological polar surface area (TPSA) is 65.1 Å². The van der Waals surface area contributed by atoms with Gasteiger partial charge in [-0.1, -0.05) is 38.1 Å². The predicted molar refractivity (Wildman–Crippen MR) is 132 cm³/mol. The summed E-state index contributed by atoms with van der Waals surface area (Å²) in [5.74, 6) is 1.69. The summed E-state index contributed by atoms with van der Waals surface area (Å²) < 4.78 is 16.7. The lowest BCUT2D eigenvalue weighted by molar-refractivity contribution is -0.137. The Morgan fingerprint density at radius 2 is 1.77 bits per heavy atom. The zero-order valence-corrected chi connectivity index (χ0v) is 20.2. The number of fused-ring (bicyclic) bond motifs is 2. The summed E-state index contributed by atoms with van der Waals surface area (Å²) in [5, 5.41) is 0. The molecule has 5 rings (SSSR count). The van der Waals surface area contributed by atoms with Crippen molar-refractivity contribution in [1.29, 1.82) is 0 Å². The maximum Gasteiger partial charge on any atom is 0.313 e. The van der Waals surface area contributed by atoms with Crippen LogP contribution in [0, 0.1) is 5.92 Å². The zero-order chi connectivity index (χ0) is 24.5. The molecule has 6 nitrogen and oxygen atoms in total. The number of ether oxygens (including phenoxy) is 3. The number of carbonyl (C=O) groups excluding carboxylic acids is 2. The summed E-state index contributed by atoms with van der Waals surface area (Å²) in [7, 11) is 1.62. The number of rotatable bonds is 5. The molecule has 0 fully saturated rings. The fourth-order valence-corrected chi connectivity index (χ4v) is 4.80. The monoisotopic (exact) mass is 471 g/mol. The van der Waals surface area contributed by atoms with Gasteiger partial charge in [-0.15, -0.1) is 0 Å². The third kappa shape index (κ3) is 4.48. The highest BCUT2D eigenvalue weighted by Gasteiger charge is 2.31. The summed E-state index contributed by atoms with van der Waals surface area (Å²) >= 11 is 0. The lowest BCUT2D eigenvalue weighted by atomic mass is 9.85. The number of benzene rings is 3. The Labute approximate surface area is 205 Å². The molecule has 0 aliphatic carbocycles. The third-order valence-electron chi connectivity index (χ3n) is 6.76. The Morgan fingerprint density at radius 3 is 2.51 bits per heavy atom. The van der Waals surface area contributed by atoms with Gasteiger partial charge in [0.25, 0.3) is 5.91 Å². The molecule has 3 aromatic carbocycles. The number of esters is 1. The Bertz CT molecular complexity index is 1260. The maximum absolute atomic E-state index is 13.1. The summed E-state index contributed by atoms with van der Waals surface area (Å²) in [6.45, 7) is 5.42. The van der Waals surface area contributed by atoms with Gasteiger partial charge in [-0.05, 0) is 53.4 Å². The predicted octanol–water partition coefficient (Wildman–Crippen LogP) is 4.98. The molecule has 35 heavy (non-hydrogen) atoms. The zero-order valence-electron chi connectivity index (χ0n) is 20.2. The fraction of sp³-hybridized carbons (Fsp3) is 0.310. The van der Waals surface area contributed by atoms with Gasteiger partial charge in [0, 0.05) is 36.2 Å². The Morgan fingerprint density at radius 1 is 1.00 bits per heavy atom. The molecular weight excluding hydrogens is 442 g/mol. The van der Waals surface area contributed by atoms with Crippen LogP contribution in [0.3, 0.4) is 0 Å². The van der Waals surface area contributed by atoms with Gasteiger partial charge in [0.2, 0.25) is 0 Å². The van der Waals surface area contributed by atoms with Crippen molar-refractivity contribution in [2.75, 3.05) is 20.3 Å². The maximum atomic E-state index is 13.1. The molecule has 6 heteroatoms. The minimum absolute atomic E-state index is 0.0294. The second kappa shape index (κ2) is 9.45. The normalized spacial score (nSPS) is 16.3. The Kier molecular flexibility index (Phi) is 6.20. The van der Waals surface area contributed by atoms with E-state index in [-0.39, 0.29) is 23.7 Å². The van der Waals surface area contributed by atoms with Crippen LogP contribution in [0.1, 0.15) is 52.4 Å². The van der Waals surface area contributed by atoms with Gasteiger partial charge in [0.05, 0.1) is 19.6 Å². The van der Waals surface area contributed by atoms with Gasteiger partial charge in [-0.3, -0.25) is 9.59 Å². The van der Waals surface area contributed by atoms with Crippen LogP contribution in [0.4, 0.5) is 0 Å².